The molecule has 1 atom stereocenters. The van der Waals surface area contributed by atoms with Crippen LogP contribution in [0.1, 0.15) is 34.0 Å². The molecule has 0 amide bonds. The van der Waals surface area contributed by atoms with E-state index in [-0.39, 0.29) is 5.56 Å². The molecule has 0 aliphatic carbocycles. The zero-order chi connectivity index (χ0) is 16.1. The molecule has 0 saturated heterocycles. The van der Waals surface area contributed by atoms with Gasteiger partial charge in [0.2, 0.25) is 5.78 Å². The standard InChI is InChI=1S/C17H14O5/c18-14(10-15(19)17(21)22)12-7-4-8-13(9-12)16(20)11-5-2-1-3-6-11/h1-9,16,20H,10H2,(H,21,22). The highest BCUT2D eigenvalue weighted by Gasteiger charge is 2.19. The normalized spacial score (nSPS) is 11.7. The quantitative estimate of drug-likeness (QED) is 0.483. The minimum Gasteiger partial charge on any atom is -0.475 e. The lowest BCUT2D eigenvalue weighted by Crippen LogP contribution is -2.17. The molecular formula is C17H14O5. The maximum atomic E-state index is 11.9. The van der Waals surface area contributed by atoms with E-state index in [9.17, 15) is 19.5 Å². The molecule has 5 nitrogen and oxygen atoms in total. The number of hydrogen-bond donors (Lipinski definition) is 2. The number of aliphatic hydroxyl groups excluding tert-OH is 1. The second-order valence-corrected chi connectivity index (χ2v) is 4.77. The lowest BCUT2D eigenvalue weighted by atomic mass is 9.97. The van der Waals surface area contributed by atoms with Crippen LogP contribution in [-0.2, 0) is 9.59 Å². The SMILES string of the molecule is O=C(O)C(=O)CC(=O)c1cccc(C(O)c2ccccc2)c1. The van der Waals surface area contributed by atoms with Crippen molar-refractivity contribution in [2.75, 3.05) is 0 Å². The maximum Gasteiger partial charge on any atom is 0.372 e. The summed E-state index contributed by atoms with van der Waals surface area (Å²) in [5, 5.41) is 18.8. The molecule has 0 spiro atoms. The fourth-order valence-electron chi connectivity index (χ4n) is 2.03. The Kier molecular flexibility index (Phi) is 4.80. The summed E-state index contributed by atoms with van der Waals surface area (Å²) in [7, 11) is 0. The molecule has 2 aromatic rings. The molecule has 0 saturated carbocycles. The smallest absolute Gasteiger partial charge is 0.372 e. The van der Waals surface area contributed by atoms with Gasteiger partial charge in [-0.15, -0.1) is 0 Å². The van der Waals surface area contributed by atoms with Gasteiger partial charge in [0.1, 0.15) is 6.10 Å². The average Bonchev–Trinajstić information content (AvgIpc) is 2.55. The van der Waals surface area contributed by atoms with Crippen LogP contribution in [0, 0.1) is 0 Å². The number of aliphatic carboxylic acids is 1. The number of ketones is 2. The molecular weight excluding hydrogens is 284 g/mol. The zero-order valence-corrected chi connectivity index (χ0v) is 11.6. The van der Waals surface area contributed by atoms with Crippen molar-refractivity contribution >= 4 is 17.5 Å². The third kappa shape index (κ3) is 3.65. The van der Waals surface area contributed by atoms with E-state index in [2.05, 4.69) is 0 Å². The van der Waals surface area contributed by atoms with Crippen LogP contribution in [-0.4, -0.2) is 27.7 Å². The van der Waals surface area contributed by atoms with Gasteiger partial charge in [0.15, 0.2) is 5.78 Å². The highest BCUT2D eigenvalue weighted by atomic mass is 16.4. The van der Waals surface area contributed by atoms with Crippen molar-refractivity contribution < 1.29 is 24.6 Å². The largest absolute Gasteiger partial charge is 0.475 e. The van der Waals surface area contributed by atoms with Crippen LogP contribution >= 0.6 is 0 Å². The lowest BCUT2D eigenvalue weighted by Gasteiger charge is -2.12. The Morgan fingerprint density at radius 2 is 1.55 bits per heavy atom. The molecule has 0 aromatic heterocycles. The van der Waals surface area contributed by atoms with Crippen LogP contribution in [0.25, 0.3) is 0 Å². The van der Waals surface area contributed by atoms with Crippen molar-refractivity contribution in [3.05, 3.63) is 71.3 Å². The fourth-order valence-corrected chi connectivity index (χ4v) is 2.03. The first kappa shape index (κ1) is 15.6. The summed E-state index contributed by atoms with van der Waals surface area (Å²) in [6, 6.07) is 15.1. The van der Waals surface area contributed by atoms with Crippen molar-refractivity contribution in [1.29, 1.82) is 0 Å². The van der Waals surface area contributed by atoms with Gasteiger partial charge >= 0.3 is 5.97 Å². The van der Waals surface area contributed by atoms with Gasteiger partial charge in [-0.3, -0.25) is 9.59 Å². The monoisotopic (exact) mass is 298 g/mol. The van der Waals surface area contributed by atoms with Crippen molar-refractivity contribution in [2.45, 2.75) is 12.5 Å². The first-order valence-corrected chi connectivity index (χ1v) is 6.61. The highest BCUT2D eigenvalue weighted by molar-refractivity contribution is 6.37. The van der Waals surface area contributed by atoms with Crippen molar-refractivity contribution in [2.24, 2.45) is 0 Å². The Morgan fingerprint density at radius 1 is 0.909 bits per heavy atom. The Labute approximate surface area is 126 Å². The van der Waals surface area contributed by atoms with E-state index >= 15 is 0 Å². The average molecular weight is 298 g/mol. The van der Waals surface area contributed by atoms with Gasteiger partial charge in [-0.2, -0.15) is 0 Å². The Hall–Kier alpha value is -2.79. The van der Waals surface area contributed by atoms with Crippen LogP contribution < -0.4 is 0 Å². The molecule has 22 heavy (non-hydrogen) atoms. The summed E-state index contributed by atoms with van der Waals surface area (Å²) in [5.74, 6) is -3.37. The topological polar surface area (TPSA) is 91.7 Å². The Morgan fingerprint density at radius 3 is 2.18 bits per heavy atom. The van der Waals surface area contributed by atoms with Gasteiger partial charge < -0.3 is 10.2 Å². The molecule has 2 N–H and O–H groups in total. The summed E-state index contributed by atoms with van der Waals surface area (Å²) < 4.78 is 0. The van der Waals surface area contributed by atoms with Crippen LogP contribution in [0.4, 0.5) is 0 Å². The molecule has 0 radical (unpaired) electrons. The van der Waals surface area contributed by atoms with Crippen molar-refractivity contribution in [1.82, 2.24) is 0 Å². The van der Waals surface area contributed by atoms with Crippen LogP contribution in [0.3, 0.4) is 0 Å². The van der Waals surface area contributed by atoms with E-state index in [0.717, 1.165) is 0 Å². The number of carbonyl (C=O) groups is 3. The van der Waals surface area contributed by atoms with E-state index in [1.165, 1.54) is 12.1 Å². The van der Waals surface area contributed by atoms with Gasteiger partial charge in [0.25, 0.3) is 0 Å². The number of carbonyl (C=O) groups excluding carboxylic acids is 2. The van der Waals surface area contributed by atoms with Gasteiger partial charge in [-0.25, -0.2) is 4.79 Å². The number of carboxylic acid groups (broad SMARTS) is 1. The second-order valence-electron chi connectivity index (χ2n) is 4.77. The summed E-state index contributed by atoms with van der Waals surface area (Å²) in [5.41, 5.74) is 1.37. The molecule has 2 rings (SSSR count). The highest BCUT2D eigenvalue weighted by Crippen LogP contribution is 2.22. The summed E-state index contributed by atoms with van der Waals surface area (Å²) in [6.45, 7) is 0. The molecule has 0 aliphatic rings. The van der Waals surface area contributed by atoms with E-state index in [0.29, 0.717) is 11.1 Å². The fraction of sp³-hybridized carbons (Fsp3) is 0.118. The first-order valence-electron chi connectivity index (χ1n) is 6.61. The Bertz CT molecular complexity index is 706. The molecule has 2 aromatic carbocycles. The molecule has 5 heteroatoms. The first-order chi connectivity index (χ1) is 10.5. The summed E-state index contributed by atoms with van der Waals surface area (Å²) in [6.07, 6.45) is -1.59. The molecule has 0 bridgehead atoms. The lowest BCUT2D eigenvalue weighted by molar-refractivity contribution is -0.148. The van der Waals surface area contributed by atoms with Gasteiger partial charge in [-0.05, 0) is 17.2 Å². The minimum atomic E-state index is -1.63. The third-order valence-corrected chi connectivity index (χ3v) is 3.20. The number of benzene rings is 2. The molecule has 112 valence electrons. The van der Waals surface area contributed by atoms with Gasteiger partial charge in [0.05, 0.1) is 6.42 Å². The van der Waals surface area contributed by atoms with E-state index in [1.807, 2.05) is 6.07 Å². The maximum absolute atomic E-state index is 11.9. The van der Waals surface area contributed by atoms with Crippen LogP contribution in [0.15, 0.2) is 54.6 Å². The van der Waals surface area contributed by atoms with E-state index in [1.54, 1.807) is 36.4 Å². The van der Waals surface area contributed by atoms with Crippen molar-refractivity contribution in [3.63, 3.8) is 0 Å². The predicted molar refractivity (Wildman–Crippen MR) is 78.5 cm³/mol. The van der Waals surface area contributed by atoms with E-state index in [4.69, 9.17) is 5.11 Å². The number of Topliss-reactive ketones (excluding diaryl/α,β-unsaturated/α-hetero) is 2. The van der Waals surface area contributed by atoms with E-state index < -0.39 is 30.1 Å². The second kappa shape index (κ2) is 6.78. The van der Waals surface area contributed by atoms with Gasteiger partial charge in [-0.1, -0.05) is 48.5 Å². The van der Waals surface area contributed by atoms with Crippen molar-refractivity contribution in [3.8, 4) is 0 Å². The number of rotatable bonds is 6. The minimum absolute atomic E-state index is 0.196. The number of hydrogen-bond acceptors (Lipinski definition) is 4. The Balaban J connectivity index is 2.21. The van der Waals surface area contributed by atoms with Crippen LogP contribution in [0.5, 0.6) is 0 Å². The summed E-state index contributed by atoms with van der Waals surface area (Å²) in [4.78, 5) is 33.5. The van der Waals surface area contributed by atoms with Gasteiger partial charge in [0, 0.05) is 5.56 Å². The third-order valence-electron chi connectivity index (χ3n) is 3.20. The zero-order valence-electron chi connectivity index (χ0n) is 11.6. The molecule has 0 heterocycles. The predicted octanol–water partition coefficient (Wildman–Crippen LogP) is 1.99. The van der Waals surface area contributed by atoms with Crippen LogP contribution in [0.2, 0.25) is 0 Å². The molecule has 0 fully saturated rings. The molecule has 0 aliphatic heterocycles. The number of carboxylic acids is 1. The molecule has 1 unspecified atom stereocenters. The number of aliphatic hydroxyl groups is 1. The summed E-state index contributed by atoms with van der Waals surface area (Å²) >= 11 is 0.